The van der Waals surface area contributed by atoms with Gasteiger partial charge in [-0.15, -0.1) is 0 Å². The summed E-state index contributed by atoms with van der Waals surface area (Å²) in [5.41, 5.74) is 0.433. The van der Waals surface area contributed by atoms with Crippen molar-refractivity contribution in [2.75, 3.05) is 6.54 Å². The van der Waals surface area contributed by atoms with Gasteiger partial charge >= 0.3 is 0 Å². The second-order valence-electron chi connectivity index (χ2n) is 5.94. The zero-order valence-electron chi connectivity index (χ0n) is 12.0. The Labute approximate surface area is 122 Å². The van der Waals surface area contributed by atoms with Crippen LogP contribution >= 0.6 is 0 Å². The lowest BCUT2D eigenvalue weighted by molar-refractivity contribution is 0.191. The zero-order valence-corrected chi connectivity index (χ0v) is 12.0. The number of hydrogen-bond acceptors (Lipinski definition) is 5. The van der Waals surface area contributed by atoms with Gasteiger partial charge in [-0.2, -0.15) is 4.98 Å². The summed E-state index contributed by atoms with van der Waals surface area (Å²) in [6, 6.07) is 6.19. The predicted molar refractivity (Wildman–Crippen MR) is 74.2 cm³/mol. The lowest BCUT2D eigenvalue weighted by atomic mass is 9.84. The number of benzene rings is 1. The number of rotatable bonds is 3. The minimum Gasteiger partial charge on any atom is -0.392 e. The first kappa shape index (κ1) is 14.2. The molecule has 1 fully saturated rings. The van der Waals surface area contributed by atoms with Crippen LogP contribution in [0.15, 0.2) is 28.8 Å². The van der Waals surface area contributed by atoms with Crippen molar-refractivity contribution in [3.8, 4) is 0 Å². The molecule has 0 radical (unpaired) electrons. The highest BCUT2D eigenvalue weighted by Gasteiger charge is 2.33. The molecule has 0 amide bonds. The van der Waals surface area contributed by atoms with E-state index in [0.29, 0.717) is 24.7 Å². The Morgan fingerprint density at radius 1 is 1.33 bits per heavy atom. The second kappa shape index (κ2) is 5.20. The van der Waals surface area contributed by atoms with E-state index in [9.17, 15) is 9.50 Å². The molecular formula is C15H18FN3O2. The number of aliphatic hydroxyl groups is 1. The molecule has 3 rings (SSSR count). The Balaban J connectivity index is 1.86. The summed E-state index contributed by atoms with van der Waals surface area (Å²) in [7, 11) is 0. The van der Waals surface area contributed by atoms with Gasteiger partial charge in [-0.3, -0.25) is 0 Å². The van der Waals surface area contributed by atoms with Gasteiger partial charge in [0, 0.05) is 6.54 Å². The summed E-state index contributed by atoms with van der Waals surface area (Å²) >= 11 is 0. The van der Waals surface area contributed by atoms with Gasteiger partial charge in [0.25, 0.3) is 0 Å². The zero-order chi connectivity index (χ0) is 15.0. The highest BCUT2D eigenvalue weighted by atomic mass is 19.1. The minimum absolute atomic E-state index is 0.106. The molecule has 1 aromatic carbocycles. The van der Waals surface area contributed by atoms with Gasteiger partial charge in [0.15, 0.2) is 5.82 Å². The fourth-order valence-electron chi connectivity index (χ4n) is 2.53. The summed E-state index contributed by atoms with van der Waals surface area (Å²) in [5.74, 6) is 0.761. The summed E-state index contributed by atoms with van der Waals surface area (Å²) < 4.78 is 18.4. The van der Waals surface area contributed by atoms with E-state index in [1.807, 2.05) is 13.8 Å². The number of nitrogens with one attached hydrogen (secondary N) is 1. The van der Waals surface area contributed by atoms with E-state index in [2.05, 4.69) is 15.5 Å². The molecule has 1 aliphatic heterocycles. The summed E-state index contributed by atoms with van der Waals surface area (Å²) in [4.78, 5) is 4.45. The third-order valence-electron chi connectivity index (χ3n) is 3.97. The maximum Gasteiger partial charge on any atom is 0.243 e. The van der Waals surface area contributed by atoms with Gasteiger partial charge < -0.3 is 14.9 Å². The van der Waals surface area contributed by atoms with Crippen LogP contribution in [-0.4, -0.2) is 27.9 Å². The average Bonchev–Trinajstić information content (AvgIpc) is 3.08. The Morgan fingerprint density at radius 3 is 2.67 bits per heavy atom. The molecular weight excluding hydrogens is 273 g/mol. The van der Waals surface area contributed by atoms with Crippen LogP contribution in [0.2, 0.25) is 0 Å². The first-order chi connectivity index (χ1) is 9.96. The number of halogens is 1. The van der Waals surface area contributed by atoms with E-state index in [4.69, 9.17) is 4.52 Å². The van der Waals surface area contributed by atoms with Gasteiger partial charge in [0.1, 0.15) is 5.82 Å². The molecule has 0 aliphatic carbocycles. The van der Waals surface area contributed by atoms with Gasteiger partial charge in [-0.05, 0) is 38.0 Å². The molecule has 1 saturated heterocycles. The molecule has 0 saturated carbocycles. The van der Waals surface area contributed by atoms with Crippen LogP contribution in [0.25, 0.3) is 0 Å². The molecule has 2 unspecified atom stereocenters. The average molecular weight is 291 g/mol. The SMILES string of the molecule is CC(C)(c1ccc(F)cc1)c1noc(C2CC(O)CN2)n1. The van der Waals surface area contributed by atoms with Crippen molar-refractivity contribution in [3.05, 3.63) is 47.4 Å². The van der Waals surface area contributed by atoms with Crippen LogP contribution in [0.3, 0.4) is 0 Å². The molecule has 1 aromatic heterocycles. The van der Waals surface area contributed by atoms with Crippen molar-refractivity contribution in [1.82, 2.24) is 15.5 Å². The van der Waals surface area contributed by atoms with Crippen molar-refractivity contribution in [1.29, 1.82) is 0 Å². The van der Waals surface area contributed by atoms with E-state index in [1.165, 1.54) is 12.1 Å². The second-order valence-corrected chi connectivity index (χ2v) is 5.94. The standard InChI is InChI=1S/C15H18FN3O2/c1-15(2,9-3-5-10(16)6-4-9)14-18-13(21-19-14)12-7-11(20)8-17-12/h3-6,11-12,17,20H,7-8H2,1-2H3. The molecule has 2 heterocycles. The summed E-state index contributed by atoms with van der Waals surface area (Å²) in [6.45, 7) is 4.46. The largest absolute Gasteiger partial charge is 0.392 e. The highest BCUT2D eigenvalue weighted by molar-refractivity contribution is 5.30. The number of hydrogen-bond donors (Lipinski definition) is 2. The van der Waals surface area contributed by atoms with Crippen LogP contribution in [0.1, 0.15) is 43.6 Å². The van der Waals surface area contributed by atoms with Crippen molar-refractivity contribution in [2.24, 2.45) is 0 Å². The molecule has 1 aliphatic rings. The smallest absolute Gasteiger partial charge is 0.243 e. The molecule has 2 N–H and O–H groups in total. The third-order valence-corrected chi connectivity index (χ3v) is 3.97. The van der Waals surface area contributed by atoms with E-state index < -0.39 is 5.41 Å². The van der Waals surface area contributed by atoms with E-state index in [0.717, 1.165) is 5.56 Å². The molecule has 2 aromatic rings. The Hall–Kier alpha value is -1.79. The van der Waals surface area contributed by atoms with E-state index in [-0.39, 0.29) is 18.0 Å². The maximum atomic E-state index is 13.0. The van der Waals surface area contributed by atoms with Gasteiger partial charge in [0.05, 0.1) is 17.6 Å². The van der Waals surface area contributed by atoms with E-state index in [1.54, 1.807) is 12.1 Å². The Bertz CT molecular complexity index is 624. The van der Waals surface area contributed by atoms with Crippen LogP contribution in [0, 0.1) is 5.82 Å². The van der Waals surface area contributed by atoms with Gasteiger partial charge in [-0.25, -0.2) is 4.39 Å². The van der Waals surface area contributed by atoms with Crippen LogP contribution in [-0.2, 0) is 5.41 Å². The van der Waals surface area contributed by atoms with Crippen molar-refractivity contribution >= 4 is 0 Å². The fourth-order valence-corrected chi connectivity index (χ4v) is 2.53. The molecule has 21 heavy (non-hydrogen) atoms. The summed E-state index contributed by atoms with van der Waals surface area (Å²) in [5, 5.41) is 16.7. The van der Waals surface area contributed by atoms with Crippen LogP contribution in [0.5, 0.6) is 0 Å². The van der Waals surface area contributed by atoms with Crippen molar-refractivity contribution in [3.63, 3.8) is 0 Å². The number of nitrogens with zero attached hydrogens (tertiary/aromatic N) is 2. The predicted octanol–water partition coefficient (Wildman–Crippen LogP) is 1.93. The van der Waals surface area contributed by atoms with Crippen molar-refractivity contribution < 1.29 is 14.0 Å². The Kier molecular flexibility index (Phi) is 3.51. The number of β-amino-alcohol motifs (C(OH)–C–C–N with tert-alkyl or cyclic N) is 1. The maximum absolute atomic E-state index is 13.0. The molecule has 2 atom stereocenters. The van der Waals surface area contributed by atoms with E-state index >= 15 is 0 Å². The molecule has 6 heteroatoms. The third kappa shape index (κ3) is 2.69. The minimum atomic E-state index is -0.479. The topological polar surface area (TPSA) is 71.2 Å². The summed E-state index contributed by atoms with van der Waals surface area (Å²) in [6.07, 6.45) is 0.189. The molecule has 112 valence electrons. The fraction of sp³-hybridized carbons (Fsp3) is 0.467. The molecule has 0 spiro atoms. The lowest BCUT2D eigenvalue weighted by Crippen LogP contribution is -2.21. The Morgan fingerprint density at radius 2 is 2.05 bits per heavy atom. The quantitative estimate of drug-likeness (QED) is 0.904. The highest BCUT2D eigenvalue weighted by Crippen LogP contribution is 2.31. The van der Waals surface area contributed by atoms with Crippen LogP contribution < -0.4 is 5.32 Å². The first-order valence-corrected chi connectivity index (χ1v) is 6.98. The normalized spacial score (nSPS) is 22.7. The van der Waals surface area contributed by atoms with Gasteiger partial charge in [-0.1, -0.05) is 17.3 Å². The number of aliphatic hydroxyl groups excluding tert-OH is 1. The first-order valence-electron chi connectivity index (χ1n) is 6.98. The molecule has 5 nitrogen and oxygen atoms in total. The van der Waals surface area contributed by atoms with Crippen molar-refractivity contribution in [2.45, 2.75) is 37.8 Å². The number of aromatic nitrogens is 2. The monoisotopic (exact) mass is 291 g/mol. The lowest BCUT2D eigenvalue weighted by Gasteiger charge is -2.20. The van der Waals surface area contributed by atoms with Crippen LogP contribution in [0.4, 0.5) is 4.39 Å². The van der Waals surface area contributed by atoms with Gasteiger partial charge in [0.2, 0.25) is 5.89 Å². The molecule has 0 bridgehead atoms.